The van der Waals surface area contributed by atoms with Crippen LogP contribution in [-0.2, 0) is 10.3 Å². The van der Waals surface area contributed by atoms with E-state index in [-0.39, 0.29) is 0 Å². The molecule has 0 bridgehead atoms. The molecule has 0 saturated heterocycles. The first-order chi connectivity index (χ1) is 8.45. The normalized spacial score (nSPS) is 13.6. The highest BCUT2D eigenvalue weighted by Crippen LogP contribution is 2.21. The van der Waals surface area contributed by atoms with E-state index in [1.54, 1.807) is 13.8 Å². The number of hydrogen-bond donors (Lipinski definition) is 2. The van der Waals surface area contributed by atoms with E-state index in [0.717, 1.165) is 25.3 Å². The predicted octanol–water partition coefficient (Wildman–Crippen LogP) is 2.60. The molecule has 0 aliphatic heterocycles. The minimum atomic E-state index is -0.774. The lowest BCUT2D eigenvalue weighted by Crippen LogP contribution is -2.23. The molecule has 1 unspecified atom stereocenters. The van der Waals surface area contributed by atoms with Crippen LogP contribution in [0.5, 0.6) is 0 Å². The molecule has 0 saturated carbocycles. The summed E-state index contributed by atoms with van der Waals surface area (Å²) < 4.78 is 5.29. The lowest BCUT2D eigenvalue weighted by Gasteiger charge is -2.19. The summed E-state index contributed by atoms with van der Waals surface area (Å²) in [6, 6.07) is 8.38. The Labute approximate surface area is 110 Å². The Balaban J connectivity index is 2.51. The standard InChI is InChI=1S/C15H25NO2/c1-5-18-11-10-16-12(2)13-6-8-14(9-7-13)15(3,4)17/h6-9,12,16-17H,5,10-11H2,1-4H3. The van der Waals surface area contributed by atoms with Gasteiger partial charge in [-0.1, -0.05) is 24.3 Å². The molecule has 1 rings (SSSR count). The van der Waals surface area contributed by atoms with Gasteiger partial charge >= 0.3 is 0 Å². The summed E-state index contributed by atoms with van der Waals surface area (Å²) in [5, 5.41) is 13.3. The maximum absolute atomic E-state index is 9.89. The third-order valence-electron chi connectivity index (χ3n) is 3.02. The molecule has 0 aromatic heterocycles. The Hall–Kier alpha value is -0.900. The molecule has 1 aromatic rings. The molecule has 0 aliphatic rings. The van der Waals surface area contributed by atoms with Crippen molar-refractivity contribution in [1.29, 1.82) is 0 Å². The molecule has 102 valence electrons. The molecule has 3 heteroatoms. The first-order valence-corrected chi connectivity index (χ1v) is 6.59. The summed E-state index contributed by atoms with van der Waals surface area (Å²) in [4.78, 5) is 0. The van der Waals surface area contributed by atoms with Gasteiger partial charge < -0.3 is 15.2 Å². The van der Waals surface area contributed by atoms with Crippen molar-refractivity contribution in [3.05, 3.63) is 35.4 Å². The molecule has 0 spiro atoms. The Morgan fingerprint density at radius 2 is 1.89 bits per heavy atom. The van der Waals surface area contributed by atoms with Crippen molar-refractivity contribution in [1.82, 2.24) is 5.32 Å². The van der Waals surface area contributed by atoms with Gasteiger partial charge in [-0.3, -0.25) is 0 Å². The van der Waals surface area contributed by atoms with Gasteiger partial charge in [0.15, 0.2) is 0 Å². The van der Waals surface area contributed by atoms with Crippen molar-refractivity contribution in [2.24, 2.45) is 0 Å². The van der Waals surface area contributed by atoms with Crippen LogP contribution in [0.4, 0.5) is 0 Å². The first-order valence-electron chi connectivity index (χ1n) is 6.59. The van der Waals surface area contributed by atoms with E-state index in [0.29, 0.717) is 6.04 Å². The van der Waals surface area contributed by atoms with E-state index < -0.39 is 5.60 Å². The minimum Gasteiger partial charge on any atom is -0.386 e. The van der Waals surface area contributed by atoms with Gasteiger partial charge in [0.25, 0.3) is 0 Å². The zero-order valence-corrected chi connectivity index (χ0v) is 11.9. The van der Waals surface area contributed by atoms with Crippen molar-refractivity contribution >= 4 is 0 Å². The van der Waals surface area contributed by atoms with Crippen molar-refractivity contribution in [2.75, 3.05) is 19.8 Å². The average molecular weight is 251 g/mol. The van der Waals surface area contributed by atoms with E-state index >= 15 is 0 Å². The second-order valence-corrected chi connectivity index (χ2v) is 5.05. The predicted molar refractivity (Wildman–Crippen MR) is 74.6 cm³/mol. The summed E-state index contributed by atoms with van der Waals surface area (Å²) in [7, 11) is 0. The van der Waals surface area contributed by atoms with Crippen molar-refractivity contribution < 1.29 is 9.84 Å². The molecule has 1 atom stereocenters. The maximum atomic E-state index is 9.89. The second-order valence-electron chi connectivity index (χ2n) is 5.05. The summed E-state index contributed by atoms with van der Waals surface area (Å²) >= 11 is 0. The number of benzene rings is 1. The fourth-order valence-corrected chi connectivity index (χ4v) is 1.79. The molecule has 1 aromatic carbocycles. The average Bonchev–Trinajstić information content (AvgIpc) is 2.33. The molecule has 0 heterocycles. The largest absolute Gasteiger partial charge is 0.386 e. The van der Waals surface area contributed by atoms with Crippen LogP contribution in [0.1, 0.15) is 44.9 Å². The van der Waals surface area contributed by atoms with Crippen molar-refractivity contribution in [3.63, 3.8) is 0 Å². The molecular weight excluding hydrogens is 226 g/mol. The monoisotopic (exact) mass is 251 g/mol. The number of rotatable bonds is 7. The van der Waals surface area contributed by atoms with Gasteiger partial charge in [-0.25, -0.2) is 0 Å². The lowest BCUT2D eigenvalue weighted by molar-refractivity contribution is 0.0786. The van der Waals surface area contributed by atoms with Gasteiger partial charge in [0.05, 0.1) is 12.2 Å². The van der Waals surface area contributed by atoms with Gasteiger partial charge in [-0.2, -0.15) is 0 Å². The van der Waals surface area contributed by atoms with Crippen molar-refractivity contribution in [2.45, 2.75) is 39.3 Å². The molecular formula is C15H25NO2. The quantitative estimate of drug-likeness (QED) is 0.732. The van der Waals surface area contributed by atoms with Gasteiger partial charge in [-0.05, 0) is 38.8 Å². The van der Waals surface area contributed by atoms with Crippen molar-refractivity contribution in [3.8, 4) is 0 Å². The molecule has 18 heavy (non-hydrogen) atoms. The first kappa shape index (κ1) is 15.2. The highest BCUT2D eigenvalue weighted by atomic mass is 16.5. The van der Waals surface area contributed by atoms with Crippen LogP contribution in [0.3, 0.4) is 0 Å². The molecule has 0 radical (unpaired) electrons. The fraction of sp³-hybridized carbons (Fsp3) is 0.600. The van der Waals surface area contributed by atoms with Crippen LogP contribution in [-0.4, -0.2) is 24.9 Å². The van der Waals surface area contributed by atoms with Gasteiger partial charge in [0.2, 0.25) is 0 Å². The molecule has 0 amide bonds. The Bertz CT molecular complexity index is 341. The number of hydrogen-bond acceptors (Lipinski definition) is 3. The third-order valence-corrected chi connectivity index (χ3v) is 3.02. The molecule has 0 fully saturated rings. The van der Waals surface area contributed by atoms with Crippen LogP contribution < -0.4 is 5.32 Å². The fourth-order valence-electron chi connectivity index (χ4n) is 1.79. The van der Waals surface area contributed by atoms with E-state index in [1.165, 1.54) is 5.56 Å². The van der Waals surface area contributed by atoms with Gasteiger partial charge in [0.1, 0.15) is 0 Å². The van der Waals surface area contributed by atoms with E-state index in [9.17, 15) is 5.11 Å². The van der Waals surface area contributed by atoms with Crippen LogP contribution >= 0.6 is 0 Å². The third kappa shape index (κ3) is 4.77. The highest BCUT2D eigenvalue weighted by Gasteiger charge is 2.15. The van der Waals surface area contributed by atoms with Crippen LogP contribution in [0.25, 0.3) is 0 Å². The Morgan fingerprint density at radius 1 is 1.28 bits per heavy atom. The molecule has 3 nitrogen and oxygen atoms in total. The van der Waals surface area contributed by atoms with E-state index in [2.05, 4.69) is 24.4 Å². The highest BCUT2D eigenvalue weighted by molar-refractivity contribution is 5.27. The van der Waals surface area contributed by atoms with Crippen LogP contribution in [0.2, 0.25) is 0 Å². The Morgan fingerprint density at radius 3 is 2.39 bits per heavy atom. The second kappa shape index (κ2) is 6.88. The zero-order valence-electron chi connectivity index (χ0n) is 11.9. The summed E-state index contributed by atoms with van der Waals surface area (Å²) in [6.45, 7) is 10.1. The number of nitrogens with one attached hydrogen (secondary N) is 1. The summed E-state index contributed by atoms with van der Waals surface area (Å²) in [5.41, 5.74) is 1.39. The van der Waals surface area contributed by atoms with E-state index in [1.807, 2.05) is 19.1 Å². The van der Waals surface area contributed by atoms with Crippen LogP contribution in [0, 0.1) is 0 Å². The molecule has 0 aliphatic carbocycles. The smallest absolute Gasteiger partial charge is 0.0840 e. The van der Waals surface area contributed by atoms with E-state index in [4.69, 9.17) is 4.74 Å². The van der Waals surface area contributed by atoms with Gasteiger partial charge in [-0.15, -0.1) is 0 Å². The maximum Gasteiger partial charge on any atom is 0.0840 e. The minimum absolute atomic E-state index is 0.293. The van der Waals surface area contributed by atoms with Crippen LogP contribution in [0.15, 0.2) is 24.3 Å². The zero-order chi connectivity index (χ0) is 13.6. The SMILES string of the molecule is CCOCCNC(C)c1ccc(C(C)(C)O)cc1. The number of ether oxygens (including phenoxy) is 1. The number of aliphatic hydroxyl groups is 1. The summed E-state index contributed by atoms with van der Waals surface area (Å²) in [6.07, 6.45) is 0. The lowest BCUT2D eigenvalue weighted by atomic mass is 9.96. The summed E-state index contributed by atoms with van der Waals surface area (Å²) in [5.74, 6) is 0. The van der Waals surface area contributed by atoms with Gasteiger partial charge in [0, 0.05) is 19.2 Å². The Kier molecular flexibility index (Phi) is 5.79. The topological polar surface area (TPSA) is 41.5 Å². The molecule has 2 N–H and O–H groups in total.